The van der Waals surface area contributed by atoms with Crippen LogP contribution in [0.1, 0.15) is 37.4 Å². The van der Waals surface area contributed by atoms with Gasteiger partial charge in [-0.2, -0.15) is 0 Å². The molecule has 0 amide bonds. The Bertz CT molecular complexity index is 496. The molecule has 1 aromatic carbocycles. The summed E-state index contributed by atoms with van der Waals surface area (Å²) in [5.74, 6) is 0. The van der Waals surface area contributed by atoms with Gasteiger partial charge in [0.05, 0.1) is 6.10 Å². The number of aliphatic hydroxyl groups excluding tert-OH is 2. The highest BCUT2D eigenvalue weighted by Gasteiger charge is 2.23. The number of benzene rings is 1. The Hall–Kier alpha value is -1.75. The Morgan fingerprint density at radius 1 is 1.19 bits per heavy atom. The minimum Gasteiger partial charge on any atom is -0.390 e. The van der Waals surface area contributed by atoms with Crippen LogP contribution in [0, 0.1) is 0 Å². The maximum Gasteiger partial charge on any atom is 0.107 e. The number of hydrogen-bond acceptors (Lipinski definition) is 4. The van der Waals surface area contributed by atoms with Gasteiger partial charge in [-0.3, -0.25) is 0 Å². The van der Waals surface area contributed by atoms with Crippen molar-refractivity contribution in [2.75, 3.05) is 24.5 Å². The van der Waals surface area contributed by atoms with Gasteiger partial charge >= 0.3 is 0 Å². The zero-order chi connectivity index (χ0) is 15.1. The second kappa shape index (κ2) is 7.88. The lowest BCUT2D eigenvalue weighted by Crippen LogP contribution is -2.31. The summed E-state index contributed by atoms with van der Waals surface area (Å²) in [5.41, 5.74) is 9.99. The molecule has 114 valence electrons. The molecule has 0 radical (unpaired) electrons. The van der Waals surface area contributed by atoms with Crippen molar-refractivity contribution in [3.8, 4) is 0 Å². The number of para-hydroxylation sites is 1. The molecular weight excluding hydrogens is 268 g/mol. The molecule has 0 aliphatic carbocycles. The molecule has 1 heterocycles. The third-order valence-corrected chi connectivity index (χ3v) is 3.90. The topological polar surface area (TPSA) is 92.5 Å². The van der Waals surface area contributed by atoms with E-state index in [0.717, 1.165) is 37.2 Å². The van der Waals surface area contributed by atoms with E-state index in [1.165, 1.54) is 6.42 Å². The molecule has 0 bridgehead atoms. The van der Waals surface area contributed by atoms with Gasteiger partial charge in [-0.25, -0.2) is 0 Å². The van der Waals surface area contributed by atoms with Gasteiger partial charge in [-0.15, -0.1) is 0 Å². The number of anilines is 1. The molecular formula is C15H22N4O2. The second-order valence-corrected chi connectivity index (χ2v) is 5.36. The molecule has 6 heteroatoms. The van der Waals surface area contributed by atoms with Crippen LogP contribution < -0.4 is 4.90 Å². The van der Waals surface area contributed by atoms with E-state index >= 15 is 0 Å². The van der Waals surface area contributed by atoms with Gasteiger partial charge in [0.25, 0.3) is 0 Å². The maximum absolute atomic E-state index is 10.4. The fourth-order valence-corrected chi connectivity index (χ4v) is 2.76. The summed E-state index contributed by atoms with van der Waals surface area (Å²) < 4.78 is 0. The molecule has 1 fully saturated rings. The molecule has 0 spiro atoms. The van der Waals surface area contributed by atoms with Gasteiger partial charge in [-0.05, 0) is 37.3 Å². The van der Waals surface area contributed by atoms with Crippen LogP contribution in [0.3, 0.4) is 0 Å². The van der Waals surface area contributed by atoms with Gasteiger partial charge in [0.1, 0.15) is 6.10 Å². The summed E-state index contributed by atoms with van der Waals surface area (Å²) in [6.07, 6.45) is 1.92. The van der Waals surface area contributed by atoms with Crippen LogP contribution >= 0.6 is 0 Å². The number of piperidine rings is 1. The first-order valence-corrected chi connectivity index (χ1v) is 7.45. The highest BCUT2D eigenvalue weighted by Crippen LogP contribution is 2.31. The average Bonchev–Trinajstić information content (AvgIpc) is 2.55. The van der Waals surface area contributed by atoms with Crippen LogP contribution in [-0.4, -0.2) is 36.0 Å². The third kappa shape index (κ3) is 4.11. The molecule has 2 rings (SSSR count). The van der Waals surface area contributed by atoms with Crippen LogP contribution in [0.15, 0.2) is 29.4 Å². The lowest BCUT2D eigenvalue weighted by molar-refractivity contribution is 0.0153. The summed E-state index contributed by atoms with van der Waals surface area (Å²) in [6.45, 7) is 2.15. The first kappa shape index (κ1) is 15.6. The van der Waals surface area contributed by atoms with E-state index in [-0.39, 0.29) is 13.0 Å². The summed E-state index contributed by atoms with van der Waals surface area (Å²) >= 11 is 0. The van der Waals surface area contributed by atoms with Crippen molar-refractivity contribution in [1.29, 1.82) is 0 Å². The first-order valence-electron chi connectivity index (χ1n) is 7.45. The van der Waals surface area contributed by atoms with E-state index in [2.05, 4.69) is 14.9 Å². The molecule has 0 aromatic heterocycles. The number of hydrogen-bond donors (Lipinski definition) is 2. The number of nitrogens with zero attached hydrogens (tertiary/aromatic N) is 4. The SMILES string of the molecule is [N-]=[N+]=NCCC(O)C(O)c1ccccc1N1CCCCC1. The predicted octanol–water partition coefficient (Wildman–Crippen LogP) is 2.77. The largest absolute Gasteiger partial charge is 0.390 e. The van der Waals surface area contributed by atoms with E-state index in [9.17, 15) is 10.2 Å². The van der Waals surface area contributed by atoms with Crippen molar-refractivity contribution in [3.63, 3.8) is 0 Å². The fraction of sp³-hybridized carbons (Fsp3) is 0.600. The third-order valence-electron chi connectivity index (χ3n) is 3.90. The van der Waals surface area contributed by atoms with Gasteiger partial charge in [0.2, 0.25) is 0 Å². The summed E-state index contributed by atoms with van der Waals surface area (Å²) in [5, 5.41) is 23.9. The predicted molar refractivity (Wildman–Crippen MR) is 82.1 cm³/mol. The summed E-state index contributed by atoms with van der Waals surface area (Å²) in [7, 11) is 0. The summed E-state index contributed by atoms with van der Waals surface area (Å²) in [6, 6.07) is 7.66. The normalized spacial score (nSPS) is 17.9. The second-order valence-electron chi connectivity index (χ2n) is 5.36. The highest BCUT2D eigenvalue weighted by molar-refractivity contribution is 5.55. The van der Waals surface area contributed by atoms with Gasteiger partial charge in [-0.1, -0.05) is 23.3 Å². The molecule has 6 nitrogen and oxygen atoms in total. The molecule has 1 saturated heterocycles. The van der Waals surface area contributed by atoms with Crippen LogP contribution in [0.25, 0.3) is 10.4 Å². The average molecular weight is 290 g/mol. The minimum absolute atomic E-state index is 0.181. The quantitative estimate of drug-likeness (QED) is 0.479. The lowest BCUT2D eigenvalue weighted by Gasteiger charge is -2.32. The van der Waals surface area contributed by atoms with Crippen molar-refractivity contribution >= 4 is 5.69 Å². The molecule has 1 aliphatic heterocycles. The molecule has 2 N–H and O–H groups in total. The van der Waals surface area contributed by atoms with Crippen molar-refractivity contribution in [2.24, 2.45) is 5.11 Å². The Kier molecular flexibility index (Phi) is 5.87. The molecule has 1 aliphatic rings. The maximum atomic E-state index is 10.4. The smallest absolute Gasteiger partial charge is 0.107 e. The fourth-order valence-electron chi connectivity index (χ4n) is 2.76. The van der Waals surface area contributed by atoms with Crippen molar-refractivity contribution in [1.82, 2.24) is 0 Å². The monoisotopic (exact) mass is 290 g/mol. The van der Waals surface area contributed by atoms with Crippen molar-refractivity contribution < 1.29 is 10.2 Å². The first-order chi connectivity index (χ1) is 10.2. The van der Waals surface area contributed by atoms with Gasteiger partial charge in [0, 0.05) is 35.8 Å². The number of azide groups is 1. The van der Waals surface area contributed by atoms with Gasteiger partial charge in [0.15, 0.2) is 0 Å². The van der Waals surface area contributed by atoms with Crippen molar-refractivity contribution in [3.05, 3.63) is 40.3 Å². The lowest BCUT2D eigenvalue weighted by atomic mass is 9.98. The summed E-state index contributed by atoms with van der Waals surface area (Å²) in [4.78, 5) is 4.92. The van der Waals surface area contributed by atoms with E-state index < -0.39 is 12.2 Å². The zero-order valence-electron chi connectivity index (χ0n) is 12.1. The van der Waals surface area contributed by atoms with E-state index in [0.29, 0.717) is 0 Å². The van der Waals surface area contributed by atoms with Crippen LogP contribution in [0.5, 0.6) is 0 Å². The van der Waals surface area contributed by atoms with E-state index in [1.54, 1.807) is 0 Å². The Morgan fingerprint density at radius 2 is 1.90 bits per heavy atom. The molecule has 0 saturated carbocycles. The number of rotatable bonds is 6. The highest BCUT2D eigenvalue weighted by atomic mass is 16.3. The molecule has 21 heavy (non-hydrogen) atoms. The Morgan fingerprint density at radius 3 is 2.62 bits per heavy atom. The van der Waals surface area contributed by atoms with E-state index in [1.807, 2.05) is 24.3 Å². The van der Waals surface area contributed by atoms with Crippen LogP contribution in [0.2, 0.25) is 0 Å². The van der Waals surface area contributed by atoms with Crippen LogP contribution in [0.4, 0.5) is 5.69 Å². The van der Waals surface area contributed by atoms with Crippen molar-refractivity contribution in [2.45, 2.75) is 37.9 Å². The standard InChI is InChI=1S/C15H22N4O2/c16-18-17-9-8-14(20)15(21)12-6-2-3-7-13(12)19-10-4-1-5-11-19/h2-3,6-7,14-15,20-21H,1,4-5,8-11H2. The van der Waals surface area contributed by atoms with Crippen LogP contribution in [-0.2, 0) is 0 Å². The number of aliphatic hydroxyl groups is 2. The minimum atomic E-state index is -0.961. The molecule has 2 atom stereocenters. The van der Waals surface area contributed by atoms with Gasteiger partial charge < -0.3 is 15.1 Å². The zero-order valence-corrected chi connectivity index (χ0v) is 12.1. The molecule has 2 unspecified atom stereocenters. The van der Waals surface area contributed by atoms with E-state index in [4.69, 9.17) is 5.53 Å². The Labute approximate surface area is 124 Å². The Balaban J connectivity index is 2.12. The molecule has 1 aromatic rings.